The number of carbonyl (C=O) groups is 1. The summed E-state index contributed by atoms with van der Waals surface area (Å²) in [6.45, 7) is 3.43. The summed E-state index contributed by atoms with van der Waals surface area (Å²) in [5.41, 5.74) is -0.0446. The minimum atomic E-state index is -1.03. The van der Waals surface area contributed by atoms with Crippen LogP contribution < -0.4 is 0 Å². The van der Waals surface area contributed by atoms with Crippen LogP contribution in [-0.2, 0) is 15.6 Å². The van der Waals surface area contributed by atoms with E-state index in [1.165, 1.54) is 21.9 Å². The van der Waals surface area contributed by atoms with E-state index in [1.54, 1.807) is 38.1 Å². The van der Waals surface area contributed by atoms with E-state index in [9.17, 15) is 9.18 Å². The predicted octanol–water partition coefficient (Wildman–Crippen LogP) is 6.91. The summed E-state index contributed by atoms with van der Waals surface area (Å²) >= 11 is 0. The summed E-state index contributed by atoms with van der Waals surface area (Å²) in [5.74, 6) is 4.99. The highest BCUT2D eigenvalue weighted by Crippen LogP contribution is 2.31. The van der Waals surface area contributed by atoms with Gasteiger partial charge in [0.15, 0.2) is 20.3 Å². The molecule has 0 saturated heterocycles. The van der Waals surface area contributed by atoms with Crippen molar-refractivity contribution in [2.45, 2.75) is 34.1 Å². The van der Waals surface area contributed by atoms with Crippen LogP contribution >= 0.6 is 0 Å². The van der Waals surface area contributed by atoms with Crippen molar-refractivity contribution in [3.05, 3.63) is 126 Å². The van der Waals surface area contributed by atoms with Crippen LogP contribution in [-0.4, -0.2) is 11.6 Å². The Morgan fingerprint density at radius 2 is 1.32 bits per heavy atom. The normalized spacial score (nSPS) is 10.9. The maximum absolute atomic E-state index is 13.4. The Balaban J connectivity index is 1.54. The average Bonchev–Trinajstić information content (AvgIpc) is 2.85. The first kappa shape index (κ1) is 23.4. The molecule has 168 valence electrons. The van der Waals surface area contributed by atoms with Gasteiger partial charge in [0.1, 0.15) is 5.82 Å². The van der Waals surface area contributed by atoms with E-state index in [0.717, 1.165) is 4.90 Å². The molecule has 4 aromatic carbocycles. The van der Waals surface area contributed by atoms with E-state index in [0.29, 0.717) is 11.1 Å². The smallest absolute Gasteiger partial charge is 0.339 e. The Morgan fingerprint density at radius 3 is 1.88 bits per heavy atom. The Hall–Kier alpha value is -3.81. The summed E-state index contributed by atoms with van der Waals surface area (Å²) < 4.78 is 19.0. The third kappa shape index (κ3) is 5.95. The first-order valence-corrected chi connectivity index (χ1v) is 12.1. The first-order chi connectivity index (χ1) is 16.4. The number of rotatable bonds is 5. The molecule has 0 aromatic heterocycles. The van der Waals surface area contributed by atoms with Crippen LogP contribution in [0.5, 0.6) is 0 Å². The SMILES string of the molecule is CC(C)(C#Cc1cccc(F)c1)OC(=O)c1ccc([S+](c2ccccc2)c2ccccc2)cc1. The van der Waals surface area contributed by atoms with Gasteiger partial charge in [-0.2, -0.15) is 0 Å². The zero-order valence-electron chi connectivity index (χ0n) is 19.0. The van der Waals surface area contributed by atoms with Gasteiger partial charge in [-0.25, -0.2) is 9.18 Å². The first-order valence-electron chi connectivity index (χ1n) is 10.9. The van der Waals surface area contributed by atoms with Crippen molar-refractivity contribution in [1.29, 1.82) is 0 Å². The van der Waals surface area contributed by atoms with Crippen molar-refractivity contribution >= 4 is 16.9 Å². The molecule has 0 unspecified atom stereocenters. The third-order valence-electron chi connectivity index (χ3n) is 4.96. The quantitative estimate of drug-likeness (QED) is 0.181. The van der Waals surface area contributed by atoms with Gasteiger partial charge < -0.3 is 4.74 Å². The Bertz CT molecular complexity index is 1280. The van der Waals surface area contributed by atoms with Gasteiger partial charge in [-0.05, 0) is 80.6 Å². The van der Waals surface area contributed by atoms with Gasteiger partial charge in [0.2, 0.25) is 0 Å². The highest BCUT2D eigenvalue weighted by atomic mass is 32.2. The van der Waals surface area contributed by atoms with Crippen LogP contribution in [0.4, 0.5) is 4.39 Å². The fraction of sp³-hybridized carbons (Fsp3) is 0.100. The summed E-state index contributed by atoms with van der Waals surface area (Å²) in [6, 6.07) is 34.2. The molecule has 0 heterocycles. The van der Waals surface area contributed by atoms with E-state index < -0.39 is 11.6 Å². The van der Waals surface area contributed by atoms with Crippen LogP contribution in [0.3, 0.4) is 0 Å². The lowest BCUT2D eigenvalue weighted by molar-refractivity contribution is 0.0204. The molecule has 4 aromatic rings. The van der Waals surface area contributed by atoms with E-state index in [1.807, 2.05) is 48.5 Å². The minimum Gasteiger partial charge on any atom is -0.443 e. The number of carbonyl (C=O) groups excluding carboxylic acids is 1. The molecular formula is C30H24FO2S+. The molecule has 4 rings (SSSR count). The molecule has 34 heavy (non-hydrogen) atoms. The number of benzene rings is 4. The van der Waals surface area contributed by atoms with Crippen molar-refractivity contribution in [3.8, 4) is 11.8 Å². The molecule has 0 N–H and O–H groups in total. The molecule has 0 amide bonds. The van der Waals surface area contributed by atoms with Gasteiger partial charge in [0, 0.05) is 5.56 Å². The standard InChI is InChI=1S/C30H24FO2S/c1-30(2,21-20-23-10-9-11-25(31)22-23)33-29(32)24-16-18-28(19-17-24)34(26-12-5-3-6-13-26)27-14-7-4-8-15-27/h3-19,22H,1-2H3/q+1. The number of hydrogen-bond acceptors (Lipinski definition) is 2. The molecule has 0 radical (unpaired) electrons. The van der Waals surface area contributed by atoms with Gasteiger partial charge in [0.05, 0.1) is 16.5 Å². The van der Waals surface area contributed by atoms with Crippen LogP contribution in [0.25, 0.3) is 0 Å². The Labute approximate surface area is 202 Å². The summed E-state index contributed by atoms with van der Waals surface area (Å²) in [6.07, 6.45) is 0. The molecular weight excluding hydrogens is 443 g/mol. The maximum atomic E-state index is 13.4. The van der Waals surface area contributed by atoms with Crippen LogP contribution in [0.2, 0.25) is 0 Å². The molecule has 0 aliphatic heterocycles. The lowest BCUT2D eigenvalue weighted by atomic mass is 10.1. The number of halogens is 1. The molecule has 0 saturated carbocycles. The van der Waals surface area contributed by atoms with Crippen LogP contribution in [0.15, 0.2) is 124 Å². The molecule has 0 fully saturated rings. The fourth-order valence-electron chi connectivity index (χ4n) is 3.35. The van der Waals surface area contributed by atoms with Crippen molar-refractivity contribution in [1.82, 2.24) is 0 Å². The van der Waals surface area contributed by atoms with E-state index in [2.05, 4.69) is 36.1 Å². The monoisotopic (exact) mass is 467 g/mol. The molecule has 0 aliphatic rings. The lowest BCUT2D eigenvalue weighted by Crippen LogP contribution is -2.26. The Morgan fingerprint density at radius 1 is 0.765 bits per heavy atom. The van der Waals surface area contributed by atoms with E-state index in [4.69, 9.17) is 4.74 Å². The Kier molecular flexibility index (Phi) is 7.15. The van der Waals surface area contributed by atoms with Crippen LogP contribution in [0.1, 0.15) is 29.8 Å². The van der Waals surface area contributed by atoms with Gasteiger partial charge in [0.25, 0.3) is 0 Å². The topological polar surface area (TPSA) is 26.3 Å². The van der Waals surface area contributed by atoms with Crippen molar-refractivity contribution in [2.75, 3.05) is 0 Å². The highest BCUT2D eigenvalue weighted by Gasteiger charge is 2.29. The van der Waals surface area contributed by atoms with Gasteiger partial charge in [-0.15, -0.1) is 0 Å². The molecule has 2 nitrogen and oxygen atoms in total. The largest absolute Gasteiger partial charge is 0.443 e. The van der Waals surface area contributed by atoms with E-state index in [-0.39, 0.29) is 16.7 Å². The second-order valence-corrected chi connectivity index (χ2v) is 10.1. The zero-order valence-corrected chi connectivity index (χ0v) is 19.8. The molecule has 0 spiro atoms. The van der Waals surface area contributed by atoms with Gasteiger partial charge in [-0.3, -0.25) is 0 Å². The maximum Gasteiger partial charge on any atom is 0.339 e. The van der Waals surface area contributed by atoms with Gasteiger partial charge in [-0.1, -0.05) is 54.3 Å². The van der Waals surface area contributed by atoms with Crippen molar-refractivity contribution in [2.24, 2.45) is 0 Å². The van der Waals surface area contributed by atoms with E-state index >= 15 is 0 Å². The van der Waals surface area contributed by atoms with Gasteiger partial charge >= 0.3 is 5.97 Å². The second-order valence-electron chi connectivity index (χ2n) is 8.12. The number of ether oxygens (including phenoxy) is 1. The van der Waals surface area contributed by atoms with Crippen molar-refractivity contribution in [3.63, 3.8) is 0 Å². The summed E-state index contributed by atoms with van der Waals surface area (Å²) in [7, 11) is -0.286. The molecule has 0 atom stereocenters. The molecule has 0 aliphatic carbocycles. The lowest BCUT2D eigenvalue weighted by Gasteiger charge is -2.19. The number of esters is 1. The molecule has 4 heteroatoms. The summed E-state index contributed by atoms with van der Waals surface area (Å²) in [4.78, 5) is 16.3. The average molecular weight is 468 g/mol. The van der Waals surface area contributed by atoms with Crippen LogP contribution in [0, 0.1) is 17.7 Å². The predicted molar refractivity (Wildman–Crippen MR) is 134 cm³/mol. The minimum absolute atomic E-state index is 0.286. The molecule has 0 bridgehead atoms. The summed E-state index contributed by atoms with van der Waals surface area (Å²) in [5, 5.41) is 0. The van der Waals surface area contributed by atoms with Crippen molar-refractivity contribution < 1.29 is 13.9 Å². The second kappa shape index (κ2) is 10.4. The zero-order chi connectivity index (χ0) is 24.0. The number of hydrogen-bond donors (Lipinski definition) is 0. The third-order valence-corrected chi connectivity index (χ3v) is 7.19. The fourth-order valence-corrected chi connectivity index (χ4v) is 5.44. The highest BCUT2D eigenvalue weighted by molar-refractivity contribution is 7.97.